The van der Waals surface area contributed by atoms with Gasteiger partial charge in [0.05, 0.1) is 6.54 Å². The SMILES string of the molecule is CC(C)(C)OC(=O)N1CC[C@](O)(c2ccc(OCc3ccccc3)cc2)[C@@H](O)C1. The van der Waals surface area contributed by atoms with Crippen molar-refractivity contribution in [2.75, 3.05) is 13.1 Å². The largest absolute Gasteiger partial charge is 0.489 e. The lowest BCUT2D eigenvalue weighted by atomic mass is 9.82. The van der Waals surface area contributed by atoms with Crippen LogP contribution in [-0.2, 0) is 16.9 Å². The lowest BCUT2D eigenvalue weighted by Crippen LogP contribution is -2.55. The normalized spacial score (nSPS) is 22.2. The first kappa shape index (κ1) is 21.1. The average Bonchev–Trinajstić information content (AvgIpc) is 2.68. The van der Waals surface area contributed by atoms with Crippen molar-refractivity contribution in [2.24, 2.45) is 0 Å². The van der Waals surface area contributed by atoms with Gasteiger partial charge in [-0.15, -0.1) is 0 Å². The summed E-state index contributed by atoms with van der Waals surface area (Å²) in [5, 5.41) is 21.7. The Kier molecular flexibility index (Phi) is 6.15. The van der Waals surface area contributed by atoms with Crippen LogP contribution in [0.2, 0.25) is 0 Å². The molecule has 3 rings (SSSR count). The van der Waals surface area contributed by atoms with E-state index in [0.717, 1.165) is 5.56 Å². The molecule has 1 amide bonds. The van der Waals surface area contributed by atoms with Gasteiger partial charge in [-0.1, -0.05) is 42.5 Å². The van der Waals surface area contributed by atoms with Crippen LogP contribution in [0, 0.1) is 0 Å². The number of hydrogen-bond acceptors (Lipinski definition) is 5. The fourth-order valence-electron chi connectivity index (χ4n) is 3.33. The van der Waals surface area contributed by atoms with E-state index in [4.69, 9.17) is 9.47 Å². The fourth-order valence-corrected chi connectivity index (χ4v) is 3.33. The van der Waals surface area contributed by atoms with Gasteiger partial charge in [0, 0.05) is 13.0 Å². The van der Waals surface area contributed by atoms with Gasteiger partial charge in [-0.05, 0) is 44.0 Å². The Labute approximate surface area is 171 Å². The highest BCUT2D eigenvalue weighted by Gasteiger charge is 2.44. The van der Waals surface area contributed by atoms with Gasteiger partial charge < -0.3 is 24.6 Å². The van der Waals surface area contributed by atoms with Crippen molar-refractivity contribution in [1.82, 2.24) is 4.90 Å². The number of β-amino-alcohol motifs (C(OH)–C–C–N with tert-alkyl or cyclic N) is 1. The Morgan fingerprint density at radius 3 is 2.38 bits per heavy atom. The molecule has 0 aliphatic carbocycles. The van der Waals surface area contributed by atoms with Gasteiger partial charge in [-0.2, -0.15) is 0 Å². The highest BCUT2D eigenvalue weighted by atomic mass is 16.6. The topological polar surface area (TPSA) is 79.2 Å². The molecule has 0 bridgehead atoms. The molecular formula is C23H29NO5. The first-order valence-electron chi connectivity index (χ1n) is 9.83. The molecule has 156 valence electrons. The number of likely N-dealkylation sites (tertiary alicyclic amines) is 1. The molecule has 6 nitrogen and oxygen atoms in total. The minimum atomic E-state index is -1.42. The first-order chi connectivity index (χ1) is 13.7. The Morgan fingerprint density at radius 1 is 1.14 bits per heavy atom. The molecule has 6 heteroatoms. The van der Waals surface area contributed by atoms with E-state index in [1.807, 2.05) is 30.3 Å². The second-order valence-electron chi connectivity index (χ2n) is 8.42. The van der Waals surface area contributed by atoms with E-state index >= 15 is 0 Å². The summed E-state index contributed by atoms with van der Waals surface area (Å²) in [5.74, 6) is 0.682. The number of aliphatic hydroxyl groups is 2. The third kappa shape index (κ3) is 5.28. The number of rotatable bonds is 4. The number of amides is 1. The molecule has 0 saturated carbocycles. The van der Waals surface area contributed by atoms with Crippen LogP contribution in [0.25, 0.3) is 0 Å². The van der Waals surface area contributed by atoms with Gasteiger partial charge >= 0.3 is 6.09 Å². The van der Waals surface area contributed by atoms with Crippen molar-refractivity contribution in [3.8, 4) is 5.75 Å². The van der Waals surface area contributed by atoms with E-state index in [9.17, 15) is 15.0 Å². The van der Waals surface area contributed by atoms with Gasteiger partial charge in [-0.25, -0.2) is 4.79 Å². The molecule has 0 aromatic heterocycles. The first-order valence-corrected chi connectivity index (χ1v) is 9.83. The molecule has 1 aliphatic rings. The van der Waals surface area contributed by atoms with Crippen LogP contribution in [0.5, 0.6) is 5.75 Å². The van der Waals surface area contributed by atoms with E-state index in [-0.39, 0.29) is 13.0 Å². The number of carbonyl (C=O) groups excluding carboxylic acids is 1. The minimum Gasteiger partial charge on any atom is -0.489 e. The number of nitrogens with zero attached hydrogens (tertiary/aromatic N) is 1. The molecule has 0 radical (unpaired) electrons. The van der Waals surface area contributed by atoms with Crippen LogP contribution in [0.1, 0.15) is 38.3 Å². The highest BCUT2D eigenvalue weighted by molar-refractivity contribution is 5.68. The maximum absolute atomic E-state index is 12.2. The maximum atomic E-state index is 12.2. The summed E-state index contributed by atoms with van der Waals surface area (Å²) in [6, 6.07) is 16.9. The summed E-state index contributed by atoms with van der Waals surface area (Å²) < 4.78 is 11.1. The zero-order valence-corrected chi connectivity index (χ0v) is 17.2. The van der Waals surface area contributed by atoms with Crippen molar-refractivity contribution in [2.45, 2.75) is 51.1 Å². The molecular weight excluding hydrogens is 370 g/mol. The van der Waals surface area contributed by atoms with Crippen molar-refractivity contribution in [3.63, 3.8) is 0 Å². The lowest BCUT2D eigenvalue weighted by molar-refractivity contribution is -0.123. The third-order valence-electron chi connectivity index (χ3n) is 4.96. The van der Waals surface area contributed by atoms with Crippen molar-refractivity contribution in [3.05, 3.63) is 65.7 Å². The average molecular weight is 399 g/mol. The molecule has 1 aliphatic heterocycles. The van der Waals surface area contributed by atoms with Gasteiger partial charge in [0.2, 0.25) is 0 Å². The number of piperidine rings is 1. The predicted molar refractivity (Wildman–Crippen MR) is 110 cm³/mol. The van der Waals surface area contributed by atoms with E-state index in [2.05, 4.69) is 0 Å². The molecule has 0 spiro atoms. The van der Waals surface area contributed by atoms with E-state index < -0.39 is 23.4 Å². The molecule has 2 aromatic carbocycles. The van der Waals surface area contributed by atoms with Gasteiger partial charge in [0.15, 0.2) is 0 Å². The lowest BCUT2D eigenvalue weighted by Gasteiger charge is -2.42. The zero-order valence-electron chi connectivity index (χ0n) is 17.2. The second-order valence-corrected chi connectivity index (χ2v) is 8.42. The molecule has 29 heavy (non-hydrogen) atoms. The van der Waals surface area contributed by atoms with Crippen molar-refractivity contribution >= 4 is 6.09 Å². The van der Waals surface area contributed by atoms with Crippen molar-refractivity contribution in [1.29, 1.82) is 0 Å². The van der Waals surface area contributed by atoms with Crippen LogP contribution >= 0.6 is 0 Å². The van der Waals surface area contributed by atoms with E-state index in [0.29, 0.717) is 24.5 Å². The molecule has 2 aromatic rings. The Morgan fingerprint density at radius 2 is 1.79 bits per heavy atom. The standard InChI is InChI=1S/C23H29NO5/c1-22(2,3)29-21(26)24-14-13-23(27,20(25)15-24)18-9-11-19(12-10-18)28-16-17-7-5-4-6-8-17/h4-12,20,25,27H,13-16H2,1-3H3/t20-,23-/m0/s1. The number of aliphatic hydroxyl groups excluding tert-OH is 1. The van der Waals surface area contributed by atoms with Gasteiger partial charge in [-0.3, -0.25) is 0 Å². The summed E-state index contributed by atoms with van der Waals surface area (Å²) in [4.78, 5) is 13.7. The van der Waals surface area contributed by atoms with Gasteiger partial charge in [0.25, 0.3) is 0 Å². The molecule has 2 atom stereocenters. The zero-order chi connectivity index (χ0) is 21.1. The predicted octanol–water partition coefficient (Wildman–Crippen LogP) is 3.45. The van der Waals surface area contributed by atoms with Crippen LogP contribution in [0.15, 0.2) is 54.6 Å². The Balaban J connectivity index is 1.62. The summed E-state index contributed by atoms with van der Waals surface area (Å²) in [5.41, 5.74) is -0.358. The molecule has 0 unspecified atom stereocenters. The Hall–Kier alpha value is -2.57. The Bertz CT molecular complexity index is 815. The summed E-state index contributed by atoms with van der Waals surface area (Å²) in [6.07, 6.45) is -1.37. The molecule has 1 fully saturated rings. The molecule has 2 N–H and O–H groups in total. The van der Waals surface area contributed by atoms with E-state index in [1.165, 1.54) is 4.90 Å². The highest BCUT2D eigenvalue weighted by Crippen LogP contribution is 2.34. The van der Waals surface area contributed by atoms with Crippen LogP contribution in [-0.4, -0.2) is 46.0 Å². The number of hydrogen-bond donors (Lipinski definition) is 2. The second kappa shape index (κ2) is 8.43. The fraction of sp³-hybridized carbons (Fsp3) is 0.435. The number of carbonyl (C=O) groups is 1. The van der Waals surface area contributed by atoms with Crippen molar-refractivity contribution < 1.29 is 24.5 Å². The number of ether oxygens (including phenoxy) is 2. The minimum absolute atomic E-state index is 0.0116. The van der Waals surface area contributed by atoms with Crippen LogP contribution < -0.4 is 4.74 Å². The molecule has 1 heterocycles. The summed E-state index contributed by atoms with van der Waals surface area (Å²) in [7, 11) is 0. The maximum Gasteiger partial charge on any atom is 0.410 e. The van der Waals surface area contributed by atoms with Crippen LogP contribution in [0.3, 0.4) is 0 Å². The quantitative estimate of drug-likeness (QED) is 0.823. The van der Waals surface area contributed by atoms with Crippen LogP contribution in [0.4, 0.5) is 4.79 Å². The number of benzene rings is 2. The summed E-state index contributed by atoms with van der Waals surface area (Å²) in [6.45, 7) is 6.15. The monoisotopic (exact) mass is 399 g/mol. The smallest absolute Gasteiger partial charge is 0.410 e. The van der Waals surface area contributed by atoms with Gasteiger partial charge in [0.1, 0.15) is 29.7 Å². The third-order valence-corrected chi connectivity index (χ3v) is 4.96. The molecule has 1 saturated heterocycles. The summed E-state index contributed by atoms with van der Waals surface area (Å²) >= 11 is 0. The van der Waals surface area contributed by atoms with E-state index in [1.54, 1.807) is 45.0 Å².